The molecule has 1 rings (SSSR count). The van der Waals surface area contributed by atoms with E-state index in [2.05, 4.69) is 4.72 Å². The molecule has 0 saturated heterocycles. The summed E-state index contributed by atoms with van der Waals surface area (Å²) < 4.78 is 40.0. The maximum absolute atomic E-state index is 13.7. The number of nitrogens with one attached hydrogen (secondary N) is 1. The highest BCUT2D eigenvalue weighted by molar-refractivity contribution is 7.89. The Kier molecular flexibility index (Phi) is 5.64. The van der Waals surface area contributed by atoms with Crippen LogP contribution >= 0.6 is 0 Å². The van der Waals surface area contributed by atoms with Crippen molar-refractivity contribution in [1.82, 2.24) is 4.72 Å². The lowest BCUT2D eigenvalue weighted by Gasteiger charge is -2.16. The molecule has 2 N–H and O–H groups in total. The Morgan fingerprint density at radius 2 is 2.10 bits per heavy atom. The summed E-state index contributed by atoms with van der Waals surface area (Å²) in [4.78, 5) is 10.6. The molecule has 0 aliphatic carbocycles. The maximum Gasteiger partial charge on any atom is 0.321 e. The number of aryl methyl sites for hydroxylation is 1. The molecule has 0 spiro atoms. The van der Waals surface area contributed by atoms with Gasteiger partial charge in [0.15, 0.2) is 0 Å². The van der Waals surface area contributed by atoms with Gasteiger partial charge in [0.2, 0.25) is 10.0 Å². The number of halogens is 1. The van der Waals surface area contributed by atoms with Gasteiger partial charge in [0.25, 0.3) is 0 Å². The SMILES string of the molecule is CCCC[C@H](NS(=O)(=O)c1c(C)cccc1F)C(=O)O. The van der Waals surface area contributed by atoms with Crippen LogP contribution in [0.2, 0.25) is 0 Å². The smallest absolute Gasteiger partial charge is 0.321 e. The standard InChI is InChI=1S/C13H18FNO4S/c1-3-4-8-11(13(16)17)15-20(18,19)12-9(2)6-5-7-10(12)14/h5-7,11,15H,3-4,8H2,1-2H3,(H,16,17)/t11-/m0/s1. The summed E-state index contributed by atoms with van der Waals surface area (Å²) in [7, 11) is -4.20. The van der Waals surface area contributed by atoms with E-state index in [1.807, 2.05) is 6.92 Å². The lowest BCUT2D eigenvalue weighted by atomic mass is 10.1. The zero-order chi connectivity index (χ0) is 15.3. The lowest BCUT2D eigenvalue weighted by Crippen LogP contribution is -2.41. The number of carboxylic acids is 1. The molecule has 112 valence electrons. The van der Waals surface area contributed by atoms with Crippen molar-refractivity contribution in [3.63, 3.8) is 0 Å². The first-order valence-corrected chi connectivity index (χ1v) is 7.78. The van der Waals surface area contributed by atoms with E-state index in [1.165, 1.54) is 19.1 Å². The molecule has 1 aromatic carbocycles. The van der Waals surface area contributed by atoms with E-state index in [9.17, 15) is 17.6 Å². The first kappa shape index (κ1) is 16.6. The van der Waals surface area contributed by atoms with Crippen molar-refractivity contribution in [3.05, 3.63) is 29.6 Å². The third-order valence-electron chi connectivity index (χ3n) is 2.87. The molecule has 0 aromatic heterocycles. The van der Waals surface area contributed by atoms with Crippen LogP contribution < -0.4 is 4.72 Å². The van der Waals surface area contributed by atoms with Gasteiger partial charge in [0.1, 0.15) is 16.8 Å². The fourth-order valence-corrected chi connectivity index (χ4v) is 3.37. The third-order valence-corrected chi connectivity index (χ3v) is 4.52. The lowest BCUT2D eigenvalue weighted by molar-refractivity contribution is -0.139. The molecule has 0 aliphatic rings. The number of sulfonamides is 1. The van der Waals surface area contributed by atoms with Gasteiger partial charge in [-0.15, -0.1) is 0 Å². The van der Waals surface area contributed by atoms with Crippen molar-refractivity contribution in [2.24, 2.45) is 0 Å². The first-order valence-electron chi connectivity index (χ1n) is 6.30. The molecule has 1 aromatic rings. The van der Waals surface area contributed by atoms with E-state index >= 15 is 0 Å². The van der Waals surface area contributed by atoms with Crippen molar-refractivity contribution in [2.75, 3.05) is 0 Å². The summed E-state index contributed by atoms with van der Waals surface area (Å²) >= 11 is 0. The Morgan fingerprint density at radius 1 is 1.45 bits per heavy atom. The second-order valence-corrected chi connectivity index (χ2v) is 6.19. The number of rotatable bonds is 7. The van der Waals surface area contributed by atoms with Gasteiger partial charge < -0.3 is 5.11 Å². The second kappa shape index (κ2) is 6.81. The molecular weight excluding hydrogens is 285 g/mol. The van der Waals surface area contributed by atoms with E-state index < -0.39 is 32.7 Å². The van der Waals surface area contributed by atoms with Crippen LogP contribution in [0.1, 0.15) is 31.7 Å². The Balaban J connectivity index is 3.07. The number of carbonyl (C=O) groups is 1. The molecule has 0 heterocycles. The fraction of sp³-hybridized carbons (Fsp3) is 0.462. The Morgan fingerprint density at radius 3 is 2.60 bits per heavy atom. The largest absolute Gasteiger partial charge is 0.480 e. The van der Waals surface area contributed by atoms with E-state index in [0.717, 1.165) is 12.5 Å². The summed E-state index contributed by atoms with van der Waals surface area (Å²) in [5, 5.41) is 9.03. The average Bonchev–Trinajstić information content (AvgIpc) is 2.33. The number of hydrogen-bond donors (Lipinski definition) is 2. The number of aliphatic carboxylic acids is 1. The molecule has 0 radical (unpaired) electrons. The van der Waals surface area contributed by atoms with Crippen molar-refractivity contribution >= 4 is 16.0 Å². The van der Waals surface area contributed by atoms with Gasteiger partial charge in [0.05, 0.1) is 0 Å². The summed E-state index contributed by atoms with van der Waals surface area (Å²) in [6, 6.07) is 2.64. The molecule has 0 aliphatic heterocycles. The van der Waals surface area contributed by atoms with E-state index in [1.54, 1.807) is 0 Å². The van der Waals surface area contributed by atoms with Crippen molar-refractivity contribution < 1.29 is 22.7 Å². The Hall–Kier alpha value is -1.47. The molecule has 7 heteroatoms. The predicted octanol–water partition coefficient (Wildman–Crippen LogP) is 2.06. The van der Waals surface area contributed by atoms with Crippen LogP contribution in [-0.2, 0) is 14.8 Å². The average molecular weight is 303 g/mol. The van der Waals surface area contributed by atoms with Gasteiger partial charge in [0, 0.05) is 0 Å². The minimum absolute atomic E-state index is 0.165. The maximum atomic E-state index is 13.7. The minimum Gasteiger partial charge on any atom is -0.480 e. The highest BCUT2D eigenvalue weighted by Crippen LogP contribution is 2.19. The summed E-state index contributed by atoms with van der Waals surface area (Å²) in [6.07, 6.45) is 1.47. The molecule has 0 saturated carbocycles. The van der Waals surface area contributed by atoms with Crippen molar-refractivity contribution in [1.29, 1.82) is 0 Å². The van der Waals surface area contributed by atoms with Gasteiger partial charge in [-0.1, -0.05) is 31.9 Å². The third kappa shape index (κ3) is 4.01. The zero-order valence-corrected chi connectivity index (χ0v) is 12.2. The fourth-order valence-electron chi connectivity index (χ4n) is 1.84. The molecular formula is C13H18FNO4S. The van der Waals surface area contributed by atoms with Gasteiger partial charge in [-0.25, -0.2) is 12.8 Å². The highest BCUT2D eigenvalue weighted by Gasteiger charge is 2.28. The molecule has 0 bridgehead atoms. The van der Waals surface area contributed by atoms with Crippen LogP contribution in [0.25, 0.3) is 0 Å². The van der Waals surface area contributed by atoms with E-state index in [0.29, 0.717) is 6.42 Å². The molecule has 0 fully saturated rings. The van der Waals surface area contributed by atoms with E-state index in [4.69, 9.17) is 5.11 Å². The van der Waals surface area contributed by atoms with Gasteiger partial charge in [-0.05, 0) is 25.0 Å². The summed E-state index contributed by atoms with van der Waals surface area (Å²) in [5.74, 6) is -2.16. The molecule has 1 atom stereocenters. The van der Waals surface area contributed by atoms with Crippen LogP contribution in [0.4, 0.5) is 4.39 Å². The topological polar surface area (TPSA) is 83.5 Å². The molecule has 20 heavy (non-hydrogen) atoms. The van der Waals surface area contributed by atoms with Crippen LogP contribution in [-0.4, -0.2) is 25.5 Å². The normalized spacial score (nSPS) is 13.2. The van der Waals surface area contributed by atoms with Crippen molar-refractivity contribution in [2.45, 2.75) is 44.0 Å². The number of unbranched alkanes of at least 4 members (excludes halogenated alkanes) is 1. The Labute approximate surface area is 117 Å². The zero-order valence-electron chi connectivity index (χ0n) is 11.4. The molecule has 0 amide bonds. The quantitative estimate of drug-likeness (QED) is 0.807. The number of benzene rings is 1. The van der Waals surface area contributed by atoms with Gasteiger partial charge >= 0.3 is 5.97 Å². The van der Waals surface area contributed by atoms with Crippen LogP contribution in [0, 0.1) is 12.7 Å². The summed E-state index contributed by atoms with van der Waals surface area (Å²) in [5.41, 5.74) is 0.233. The van der Waals surface area contributed by atoms with Crippen LogP contribution in [0.15, 0.2) is 23.1 Å². The van der Waals surface area contributed by atoms with E-state index in [-0.39, 0.29) is 12.0 Å². The Bertz CT molecular complexity index is 566. The van der Waals surface area contributed by atoms with Gasteiger partial charge in [-0.3, -0.25) is 4.79 Å². The molecule has 0 unspecified atom stereocenters. The van der Waals surface area contributed by atoms with Gasteiger partial charge in [-0.2, -0.15) is 4.72 Å². The highest BCUT2D eigenvalue weighted by atomic mass is 32.2. The number of hydrogen-bond acceptors (Lipinski definition) is 3. The minimum atomic E-state index is -4.20. The summed E-state index contributed by atoms with van der Waals surface area (Å²) in [6.45, 7) is 3.33. The second-order valence-electron chi connectivity index (χ2n) is 4.54. The van der Waals surface area contributed by atoms with Crippen LogP contribution in [0.3, 0.4) is 0 Å². The number of carboxylic acid groups (broad SMARTS) is 1. The predicted molar refractivity (Wildman–Crippen MR) is 72.4 cm³/mol. The molecule has 5 nitrogen and oxygen atoms in total. The first-order chi connectivity index (χ1) is 9.29. The van der Waals surface area contributed by atoms with Crippen molar-refractivity contribution in [3.8, 4) is 0 Å². The monoisotopic (exact) mass is 303 g/mol. The van der Waals surface area contributed by atoms with Crippen LogP contribution in [0.5, 0.6) is 0 Å².